The summed E-state index contributed by atoms with van der Waals surface area (Å²) in [5.74, 6) is 1.18. The molecule has 1 unspecified atom stereocenters. The summed E-state index contributed by atoms with van der Waals surface area (Å²) in [6.45, 7) is 1.64. The van der Waals surface area contributed by atoms with Crippen molar-refractivity contribution in [1.82, 2.24) is 4.90 Å². The van der Waals surface area contributed by atoms with Gasteiger partial charge < -0.3 is 15.4 Å². The van der Waals surface area contributed by atoms with Crippen molar-refractivity contribution in [3.05, 3.63) is 29.8 Å². The van der Waals surface area contributed by atoms with Gasteiger partial charge in [-0.2, -0.15) is 0 Å². The maximum absolute atomic E-state index is 12.8. The number of benzene rings is 1. The Hall–Kier alpha value is -1.55. The number of nitrogens with zero attached hydrogens (tertiary/aromatic N) is 1. The number of nitrogens with two attached hydrogens (primary N) is 1. The van der Waals surface area contributed by atoms with Crippen molar-refractivity contribution in [3.8, 4) is 5.75 Å². The molecule has 4 heteroatoms. The predicted molar refractivity (Wildman–Crippen MR) is 98.1 cm³/mol. The lowest BCUT2D eigenvalue weighted by Gasteiger charge is -2.31. The molecule has 0 bridgehead atoms. The maximum Gasteiger partial charge on any atom is 0.223 e. The summed E-state index contributed by atoms with van der Waals surface area (Å²) in [7, 11) is 1.68. The van der Waals surface area contributed by atoms with Crippen LogP contribution in [0.1, 0.15) is 69.4 Å². The molecule has 0 aromatic heterocycles. The van der Waals surface area contributed by atoms with Crippen LogP contribution in [0.25, 0.3) is 0 Å². The fraction of sp³-hybridized carbons (Fsp3) is 0.650. The first-order valence-corrected chi connectivity index (χ1v) is 9.39. The topological polar surface area (TPSA) is 55.6 Å². The summed E-state index contributed by atoms with van der Waals surface area (Å²) in [6.07, 6.45) is 9.52. The summed E-state index contributed by atoms with van der Waals surface area (Å²) in [4.78, 5) is 14.9. The highest BCUT2D eigenvalue weighted by Gasteiger charge is 2.26. The third kappa shape index (κ3) is 5.52. The van der Waals surface area contributed by atoms with Crippen LogP contribution in [0.4, 0.5) is 0 Å². The van der Waals surface area contributed by atoms with Crippen LogP contribution in [0.3, 0.4) is 0 Å². The van der Waals surface area contributed by atoms with Crippen LogP contribution < -0.4 is 10.5 Å². The van der Waals surface area contributed by atoms with E-state index in [2.05, 4.69) is 17.0 Å². The van der Waals surface area contributed by atoms with E-state index >= 15 is 0 Å². The Morgan fingerprint density at radius 2 is 1.88 bits per heavy atom. The molecule has 1 aliphatic heterocycles. The number of hydrogen-bond acceptors (Lipinski definition) is 3. The molecule has 1 amide bonds. The van der Waals surface area contributed by atoms with E-state index in [1.54, 1.807) is 7.11 Å². The van der Waals surface area contributed by atoms with E-state index in [4.69, 9.17) is 10.5 Å². The minimum atomic E-state index is 0.218. The predicted octanol–water partition coefficient (Wildman–Crippen LogP) is 4.05. The number of hydrogen-bond donors (Lipinski definition) is 1. The minimum absolute atomic E-state index is 0.218. The molecule has 2 rings (SSSR count). The number of ether oxygens (including phenoxy) is 1. The molecule has 0 radical (unpaired) electrons. The molecule has 1 aromatic carbocycles. The number of carbonyl (C=O) groups excluding carboxylic acids is 1. The van der Waals surface area contributed by atoms with Crippen molar-refractivity contribution in [2.75, 3.05) is 20.2 Å². The molecule has 0 spiro atoms. The summed E-state index contributed by atoms with van der Waals surface area (Å²) in [5.41, 5.74) is 6.75. The Bertz CT molecular complexity index is 487. The molecule has 2 N–H and O–H groups in total. The highest BCUT2D eigenvalue weighted by Crippen LogP contribution is 2.31. The normalized spacial score (nSPS) is 18.2. The van der Waals surface area contributed by atoms with E-state index in [1.807, 2.05) is 12.1 Å². The zero-order valence-corrected chi connectivity index (χ0v) is 15.0. The number of amides is 1. The lowest BCUT2D eigenvalue weighted by atomic mass is 10.00. The largest absolute Gasteiger partial charge is 0.497 e. The monoisotopic (exact) mass is 332 g/mol. The molecule has 1 aromatic rings. The van der Waals surface area contributed by atoms with Crippen LogP contribution in [0, 0.1) is 0 Å². The van der Waals surface area contributed by atoms with Crippen molar-refractivity contribution in [2.45, 2.75) is 63.8 Å². The second kappa shape index (κ2) is 10.3. The van der Waals surface area contributed by atoms with Crippen molar-refractivity contribution in [1.29, 1.82) is 0 Å². The number of methoxy groups -OCH3 is 1. The summed E-state index contributed by atoms with van der Waals surface area (Å²) in [5, 5.41) is 0. The van der Waals surface area contributed by atoms with E-state index in [0.717, 1.165) is 57.4 Å². The van der Waals surface area contributed by atoms with Crippen LogP contribution >= 0.6 is 0 Å². The van der Waals surface area contributed by atoms with Crippen molar-refractivity contribution < 1.29 is 9.53 Å². The number of likely N-dealkylation sites (tertiary alicyclic amines) is 1. The summed E-state index contributed by atoms with van der Waals surface area (Å²) >= 11 is 0. The van der Waals surface area contributed by atoms with E-state index in [0.29, 0.717) is 12.3 Å². The lowest BCUT2D eigenvalue weighted by molar-refractivity contribution is -0.133. The Morgan fingerprint density at radius 1 is 1.12 bits per heavy atom. The van der Waals surface area contributed by atoms with E-state index in [-0.39, 0.29) is 6.04 Å². The second-order valence-electron chi connectivity index (χ2n) is 6.68. The molecule has 24 heavy (non-hydrogen) atoms. The van der Waals surface area contributed by atoms with Gasteiger partial charge >= 0.3 is 0 Å². The van der Waals surface area contributed by atoms with Crippen LogP contribution in [-0.2, 0) is 4.79 Å². The molecule has 1 heterocycles. The summed E-state index contributed by atoms with van der Waals surface area (Å²) < 4.78 is 5.25. The van der Waals surface area contributed by atoms with Gasteiger partial charge in [-0.15, -0.1) is 0 Å². The van der Waals surface area contributed by atoms with E-state index in [1.165, 1.54) is 18.4 Å². The number of carbonyl (C=O) groups is 1. The summed E-state index contributed by atoms with van der Waals surface area (Å²) in [6, 6.07) is 8.42. The van der Waals surface area contributed by atoms with Crippen LogP contribution in [0.2, 0.25) is 0 Å². The van der Waals surface area contributed by atoms with Crippen molar-refractivity contribution in [2.24, 2.45) is 5.73 Å². The molecule has 1 aliphatic rings. The SMILES string of the molecule is COc1ccc(C2CCCCCN2C(=O)CCCCCCN)cc1. The molecule has 4 nitrogen and oxygen atoms in total. The smallest absolute Gasteiger partial charge is 0.223 e. The van der Waals surface area contributed by atoms with Gasteiger partial charge in [-0.05, 0) is 49.9 Å². The van der Waals surface area contributed by atoms with Crippen LogP contribution in [-0.4, -0.2) is 31.0 Å². The lowest BCUT2D eigenvalue weighted by Crippen LogP contribution is -2.34. The number of unbranched alkanes of at least 4 members (excludes halogenated alkanes) is 3. The van der Waals surface area contributed by atoms with Gasteiger partial charge in [0.25, 0.3) is 0 Å². The molecule has 1 atom stereocenters. The Morgan fingerprint density at radius 3 is 2.58 bits per heavy atom. The zero-order valence-electron chi connectivity index (χ0n) is 15.0. The van der Waals surface area contributed by atoms with Gasteiger partial charge in [0.2, 0.25) is 5.91 Å². The first kappa shape index (κ1) is 18.8. The van der Waals surface area contributed by atoms with Gasteiger partial charge in [0, 0.05) is 13.0 Å². The Balaban J connectivity index is 1.98. The molecule has 0 aliphatic carbocycles. The molecule has 1 fully saturated rings. The van der Waals surface area contributed by atoms with E-state index in [9.17, 15) is 4.79 Å². The van der Waals surface area contributed by atoms with Gasteiger partial charge in [0.15, 0.2) is 0 Å². The fourth-order valence-corrected chi connectivity index (χ4v) is 3.50. The molecule has 134 valence electrons. The van der Waals surface area contributed by atoms with Gasteiger partial charge in [-0.1, -0.05) is 37.8 Å². The first-order valence-electron chi connectivity index (χ1n) is 9.39. The van der Waals surface area contributed by atoms with Crippen molar-refractivity contribution in [3.63, 3.8) is 0 Å². The standard InChI is InChI=1S/C20H32N2O2/c1-24-18-13-11-17(12-14-18)19-9-5-4-8-16-22(19)20(23)10-6-2-3-7-15-21/h11-14,19H,2-10,15-16,21H2,1H3. The van der Waals surface area contributed by atoms with Gasteiger partial charge in [0.05, 0.1) is 13.2 Å². The maximum atomic E-state index is 12.8. The fourth-order valence-electron chi connectivity index (χ4n) is 3.50. The van der Waals surface area contributed by atoms with E-state index < -0.39 is 0 Å². The minimum Gasteiger partial charge on any atom is -0.497 e. The average Bonchev–Trinajstić information content (AvgIpc) is 2.87. The molecular weight excluding hydrogens is 300 g/mol. The molecule has 1 saturated heterocycles. The Labute approximate surface area is 146 Å². The average molecular weight is 332 g/mol. The van der Waals surface area contributed by atoms with Crippen molar-refractivity contribution >= 4 is 5.91 Å². The Kier molecular flexibility index (Phi) is 8.10. The zero-order chi connectivity index (χ0) is 17.2. The van der Waals surface area contributed by atoms with Crippen LogP contribution in [0.5, 0.6) is 5.75 Å². The third-order valence-corrected chi connectivity index (χ3v) is 4.92. The highest BCUT2D eigenvalue weighted by atomic mass is 16.5. The molecular formula is C20H32N2O2. The van der Waals surface area contributed by atoms with Crippen LogP contribution in [0.15, 0.2) is 24.3 Å². The number of rotatable bonds is 8. The quantitative estimate of drug-likeness (QED) is 0.731. The van der Waals surface area contributed by atoms with Gasteiger partial charge in [-0.25, -0.2) is 0 Å². The molecule has 0 saturated carbocycles. The van der Waals surface area contributed by atoms with Gasteiger partial charge in [-0.3, -0.25) is 4.79 Å². The third-order valence-electron chi connectivity index (χ3n) is 4.92. The second-order valence-corrected chi connectivity index (χ2v) is 6.68. The first-order chi connectivity index (χ1) is 11.8. The van der Waals surface area contributed by atoms with Gasteiger partial charge in [0.1, 0.15) is 5.75 Å². The highest BCUT2D eigenvalue weighted by molar-refractivity contribution is 5.76.